The van der Waals surface area contributed by atoms with Crippen LogP contribution >= 0.6 is 0 Å². The van der Waals surface area contributed by atoms with Crippen molar-refractivity contribution in [3.05, 3.63) is 70.8 Å². The van der Waals surface area contributed by atoms with Gasteiger partial charge in [-0.3, -0.25) is 0 Å². The molecule has 0 saturated heterocycles. The van der Waals surface area contributed by atoms with Gasteiger partial charge in [-0.2, -0.15) is 0 Å². The van der Waals surface area contributed by atoms with Crippen molar-refractivity contribution in [3.8, 4) is 23.0 Å². The molecule has 8 heteroatoms. The number of carboxylic acid groups (broad SMARTS) is 1. The molecule has 2 aromatic carbocycles. The molecule has 0 unspecified atom stereocenters. The van der Waals surface area contributed by atoms with E-state index in [9.17, 15) is 9.90 Å². The Balaban J connectivity index is 1.91. The fraction of sp³-hybridized carbons (Fsp3) is 0.333. The highest BCUT2D eigenvalue weighted by Crippen LogP contribution is 2.38. The van der Waals surface area contributed by atoms with E-state index in [0.29, 0.717) is 39.8 Å². The SMILES string of the molecule is CCCCc1ncc(/C(=C(\Cc2ccc3c(c2)OCO3)C(=O)O)c2ccc(OC)cc2OC)n1C. The monoisotopic (exact) mass is 478 g/mol. The predicted molar refractivity (Wildman–Crippen MR) is 131 cm³/mol. The summed E-state index contributed by atoms with van der Waals surface area (Å²) in [5.74, 6) is 2.27. The second kappa shape index (κ2) is 10.5. The third-order valence-corrected chi connectivity index (χ3v) is 6.15. The van der Waals surface area contributed by atoms with Gasteiger partial charge in [-0.1, -0.05) is 19.4 Å². The average Bonchev–Trinajstić information content (AvgIpc) is 3.48. The lowest BCUT2D eigenvalue weighted by Crippen LogP contribution is -2.12. The number of nitrogens with zero attached hydrogens (tertiary/aromatic N) is 2. The molecule has 0 atom stereocenters. The number of methoxy groups -OCH3 is 2. The lowest BCUT2D eigenvalue weighted by molar-refractivity contribution is -0.132. The molecule has 2 heterocycles. The van der Waals surface area contributed by atoms with E-state index in [1.54, 1.807) is 38.6 Å². The summed E-state index contributed by atoms with van der Waals surface area (Å²) < 4.78 is 23.9. The number of unbranched alkanes of at least 4 members (excludes halogenated alkanes) is 1. The van der Waals surface area contributed by atoms with Crippen LogP contribution in [0.4, 0.5) is 0 Å². The normalized spacial score (nSPS) is 12.9. The number of benzene rings is 2. The number of aromatic nitrogens is 2. The minimum absolute atomic E-state index is 0.157. The molecule has 0 aliphatic carbocycles. The lowest BCUT2D eigenvalue weighted by Gasteiger charge is -2.18. The van der Waals surface area contributed by atoms with Crippen molar-refractivity contribution in [1.82, 2.24) is 9.55 Å². The van der Waals surface area contributed by atoms with Crippen LogP contribution in [0.1, 0.15) is 42.4 Å². The first-order chi connectivity index (χ1) is 17.0. The lowest BCUT2D eigenvalue weighted by atomic mass is 9.92. The van der Waals surface area contributed by atoms with E-state index in [0.717, 1.165) is 30.7 Å². The molecule has 1 aromatic heterocycles. The number of imidazole rings is 1. The maximum Gasteiger partial charge on any atom is 0.332 e. The Kier molecular flexibility index (Phi) is 7.29. The first kappa shape index (κ1) is 24.2. The van der Waals surface area contributed by atoms with Crippen LogP contribution in [0.3, 0.4) is 0 Å². The largest absolute Gasteiger partial charge is 0.497 e. The van der Waals surface area contributed by atoms with Gasteiger partial charge in [-0.15, -0.1) is 0 Å². The Morgan fingerprint density at radius 3 is 2.63 bits per heavy atom. The van der Waals surface area contributed by atoms with Crippen LogP contribution in [0, 0.1) is 0 Å². The molecule has 1 N–H and O–H groups in total. The zero-order valence-electron chi connectivity index (χ0n) is 20.5. The quantitative estimate of drug-likeness (QED) is 0.425. The number of rotatable bonds is 10. The van der Waals surface area contributed by atoms with Gasteiger partial charge >= 0.3 is 5.97 Å². The smallest absolute Gasteiger partial charge is 0.332 e. The maximum atomic E-state index is 12.7. The van der Waals surface area contributed by atoms with Crippen LogP contribution in [-0.2, 0) is 24.7 Å². The molecule has 35 heavy (non-hydrogen) atoms. The number of aliphatic carboxylic acids is 1. The molecule has 3 aromatic rings. The Morgan fingerprint density at radius 2 is 1.91 bits per heavy atom. The van der Waals surface area contributed by atoms with Gasteiger partial charge in [0.15, 0.2) is 11.5 Å². The van der Waals surface area contributed by atoms with Crippen LogP contribution in [0.5, 0.6) is 23.0 Å². The van der Waals surface area contributed by atoms with Gasteiger partial charge in [-0.25, -0.2) is 9.78 Å². The third-order valence-electron chi connectivity index (χ3n) is 6.15. The summed E-state index contributed by atoms with van der Waals surface area (Å²) in [6.07, 6.45) is 4.77. The topological polar surface area (TPSA) is 92.0 Å². The summed E-state index contributed by atoms with van der Waals surface area (Å²) in [4.78, 5) is 17.3. The summed E-state index contributed by atoms with van der Waals surface area (Å²) >= 11 is 0. The fourth-order valence-corrected chi connectivity index (χ4v) is 4.23. The minimum Gasteiger partial charge on any atom is -0.497 e. The van der Waals surface area contributed by atoms with E-state index in [2.05, 4.69) is 11.9 Å². The third kappa shape index (κ3) is 4.96. The van der Waals surface area contributed by atoms with Crippen molar-refractivity contribution in [2.75, 3.05) is 21.0 Å². The highest BCUT2D eigenvalue weighted by atomic mass is 16.7. The first-order valence-corrected chi connectivity index (χ1v) is 11.5. The first-order valence-electron chi connectivity index (χ1n) is 11.5. The van der Waals surface area contributed by atoms with Crippen LogP contribution in [-0.4, -0.2) is 41.6 Å². The Labute approximate surface area is 204 Å². The van der Waals surface area contributed by atoms with Crippen molar-refractivity contribution in [1.29, 1.82) is 0 Å². The van der Waals surface area contributed by atoms with E-state index in [1.165, 1.54) is 0 Å². The number of carboxylic acids is 1. The van der Waals surface area contributed by atoms with Gasteiger partial charge in [0.25, 0.3) is 0 Å². The maximum absolute atomic E-state index is 12.7. The van der Waals surface area contributed by atoms with Gasteiger partial charge in [0, 0.05) is 37.1 Å². The summed E-state index contributed by atoms with van der Waals surface area (Å²) in [6, 6.07) is 10.9. The molecule has 0 radical (unpaired) electrons. The number of carbonyl (C=O) groups is 1. The van der Waals surface area contributed by atoms with Gasteiger partial charge < -0.3 is 28.6 Å². The molecule has 8 nitrogen and oxygen atoms in total. The summed E-state index contributed by atoms with van der Waals surface area (Å²) in [6.45, 7) is 2.29. The van der Waals surface area contributed by atoms with E-state index < -0.39 is 5.97 Å². The van der Waals surface area contributed by atoms with E-state index in [4.69, 9.17) is 18.9 Å². The molecule has 0 saturated carbocycles. The van der Waals surface area contributed by atoms with Crippen LogP contribution < -0.4 is 18.9 Å². The van der Waals surface area contributed by atoms with Crippen LogP contribution in [0.25, 0.3) is 5.57 Å². The molecular formula is C27H30N2O6. The number of ether oxygens (including phenoxy) is 4. The Bertz CT molecular complexity index is 1260. The van der Waals surface area contributed by atoms with Crippen molar-refractivity contribution < 1.29 is 28.8 Å². The Hall–Kier alpha value is -3.94. The van der Waals surface area contributed by atoms with Gasteiger partial charge in [0.05, 0.1) is 31.7 Å². The van der Waals surface area contributed by atoms with E-state index in [-0.39, 0.29) is 18.8 Å². The second-order valence-corrected chi connectivity index (χ2v) is 8.31. The van der Waals surface area contributed by atoms with Crippen LogP contribution in [0.15, 0.2) is 48.2 Å². The number of aryl methyl sites for hydroxylation is 1. The summed E-state index contributed by atoms with van der Waals surface area (Å²) in [5, 5.41) is 10.4. The highest BCUT2D eigenvalue weighted by molar-refractivity contribution is 6.01. The number of hydrogen-bond donors (Lipinski definition) is 1. The Morgan fingerprint density at radius 1 is 1.11 bits per heavy atom. The average molecular weight is 479 g/mol. The number of fused-ring (bicyclic) bond motifs is 1. The zero-order valence-corrected chi connectivity index (χ0v) is 20.5. The minimum atomic E-state index is -1.02. The molecule has 184 valence electrons. The molecular weight excluding hydrogens is 448 g/mol. The zero-order chi connectivity index (χ0) is 24.9. The van der Waals surface area contributed by atoms with Gasteiger partial charge in [0.1, 0.15) is 17.3 Å². The summed E-state index contributed by atoms with van der Waals surface area (Å²) in [5.41, 5.74) is 2.92. The van der Waals surface area contributed by atoms with Gasteiger partial charge in [0.2, 0.25) is 6.79 Å². The fourth-order valence-electron chi connectivity index (χ4n) is 4.23. The van der Waals surface area contributed by atoms with Crippen molar-refractivity contribution in [2.24, 2.45) is 7.05 Å². The second-order valence-electron chi connectivity index (χ2n) is 8.31. The molecule has 1 aliphatic rings. The molecule has 0 spiro atoms. The molecule has 4 rings (SSSR count). The molecule has 0 bridgehead atoms. The van der Waals surface area contributed by atoms with Gasteiger partial charge in [-0.05, 0) is 36.2 Å². The van der Waals surface area contributed by atoms with Crippen molar-refractivity contribution in [2.45, 2.75) is 32.6 Å². The molecule has 0 fully saturated rings. The number of hydrogen-bond acceptors (Lipinski definition) is 6. The summed E-state index contributed by atoms with van der Waals surface area (Å²) in [7, 11) is 5.06. The predicted octanol–water partition coefficient (Wildman–Crippen LogP) is 4.64. The van der Waals surface area contributed by atoms with Crippen molar-refractivity contribution >= 4 is 11.5 Å². The van der Waals surface area contributed by atoms with Crippen molar-refractivity contribution in [3.63, 3.8) is 0 Å². The standard InChI is InChI=1S/C27H30N2O6/c1-5-6-7-25-28-15-21(29(25)2)26(19-10-9-18(32-3)14-23(19)33-4)20(27(30)31)12-17-8-11-22-24(13-17)35-16-34-22/h8-11,13-15H,5-7,12,16H2,1-4H3,(H,30,31)/b26-20+. The highest BCUT2D eigenvalue weighted by Gasteiger charge is 2.25. The molecule has 0 amide bonds. The van der Waals surface area contributed by atoms with Crippen LogP contribution in [0.2, 0.25) is 0 Å². The molecule has 1 aliphatic heterocycles. The van der Waals surface area contributed by atoms with E-state index in [1.807, 2.05) is 29.8 Å². The van der Waals surface area contributed by atoms with E-state index >= 15 is 0 Å².